The van der Waals surface area contributed by atoms with Gasteiger partial charge in [-0.3, -0.25) is 4.79 Å². The number of hydrogen-bond acceptors (Lipinski definition) is 4. The molecule has 86 valence electrons. The fraction of sp³-hybridized carbons (Fsp3) is 0.400. The molecule has 1 amide bonds. The molecule has 0 aromatic carbocycles. The largest absolute Gasteiger partial charge is 0.455 e. The zero-order valence-electron chi connectivity index (χ0n) is 9.16. The molecule has 0 aromatic rings. The highest BCUT2D eigenvalue weighted by atomic mass is 16.6. The van der Waals surface area contributed by atoms with Crippen molar-refractivity contribution in [2.45, 2.75) is 19.4 Å². The average Bonchev–Trinajstić information content (AvgIpc) is 2.18. The molecular weight excluding hydrogens is 196 g/mol. The van der Waals surface area contributed by atoms with E-state index in [0.717, 1.165) is 12.2 Å². The van der Waals surface area contributed by atoms with Gasteiger partial charge in [-0.05, 0) is 19.9 Å². The monoisotopic (exact) mass is 214 g/mol. The third-order valence-electron chi connectivity index (χ3n) is 1.24. The van der Waals surface area contributed by atoms with Crippen LogP contribution in [0.15, 0.2) is 25.3 Å². The summed E-state index contributed by atoms with van der Waals surface area (Å²) < 4.78 is 4.85. The molecule has 0 saturated heterocycles. The Morgan fingerprint density at radius 2 is 1.73 bits per heavy atom. The molecule has 0 radical (unpaired) electrons. The van der Waals surface area contributed by atoms with Crippen LogP contribution in [0.2, 0.25) is 0 Å². The second kappa shape index (κ2) is 7.75. The highest BCUT2D eigenvalue weighted by Crippen LogP contribution is 2.06. The smallest absolute Gasteiger partial charge is 0.330 e. The minimum Gasteiger partial charge on any atom is -0.455 e. The van der Waals surface area contributed by atoms with Crippen molar-refractivity contribution in [1.82, 2.24) is 0 Å². The summed E-state index contributed by atoms with van der Waals surface area (Å²) in [6.07, 6.45) is 2.18. The Bertz CT molecular complexity index is 247. The lowest BCUT2D eigenvalue weighted by Crippen LogP contribution is -2.35. The van der Waals surface area contributed by atoms with E-state index in [9.17, 15) is 9.59 Å². The van der Waals surface area contributed by atoms with E-state index >= 15 is 0 Å². The molecule has 15 heavy (non-hydrogen) atoms. The number of primary amides is 1. The molecule has 4 N–H and O–H groups in total. The molecule has 0 spiro atoms. The number of esters is 1. The van der Waals surface area contributed by atoms with Crippen LogP contribution in [0.25, 0.3) is 0 Å². The minimum atomic E-state index is -0.578. The summed E-state index contributed by atoms with van der Waals surface area (Å²) in [4.78, 5) is 20.1. The fourth-order valence-corrected chi connectivity index (χ4v) is 0.356. The van der Waals surface area contributed by atoms with Crippen LogP contribution in [-0.4, -0.2) is 24.0 Å². The highest BCUT2D eigenvalue weighted by molar-refractivity contribution is 5.85. The van der Waals surface area contributed by atoms with Gasteiger partial charge in [0.15, 0.2) is 0 Å². The van der Waals surface area contributed by atoms with Gasteiger partial charge < -0.3 is 16.2 Å². The molecule has 5 heteroatoms. The highest BCUT2D eigenvalue weighted by Gasteiger charge is 2.18. The van der Waals surface area contributed by atoms with E-state index in [1.165, 1.54) is 0 Å². The van der Waals surface area contributed by atoms with Crippen LogP contribution < -0.4 is 11.5 Å². The third kappa shape index (κ3) is 12.4. The molecule has 0 atom stereocenters. The van der Waals surface area contributed by atoms with Gasteiger partial charge in [-0.15, -0.1) is 0 Å². The average molecular weight is 214 g/mol. The van der Waals surface area contributed by atoms with E-state index in [4.69, 9.17) is 10.5 Å². The summed E-state index contributed by atoms with van der Waals surface area (Å²) in [5, 5.41) is 0. The molecule has 0 bridgehead atoms. The predicted octanol–water partition coefficient (Wildman–Crippen LogP) is 0.111. The van der Waals surface area contributed by atoms with Gasteiger partial charge in [-0.25, -0.2) is 4.79 Å². The lowest BCUT2D eigenvalue weighted by atomic mass is 10.1. The Kier molecular flexibility index (Phi) is 8.18. The summed E-state index contributed by atoms with van der Waals surface area (Å²) in [6, 6.07) is 0. The second-order valence-corrected chi connectivity index (χ2v) is 3.20. The van der Waals surface area contributed by atoms with Crippen molar-refractivity contribution in [1.29, 1.82) is 0 Å². The number of hydrogen-bond donors (Lipinski definition) is 2. The maximum Gasteiger partial charge on any atom is 0.330 e. The SMILES string of the molecule is C=CC(=O)OC(C)(C)CN.C=CC(N)=O. The topological polar surface area (TPSA) is 95.4 Å². The minimum absolute atomic E-state index is 0.312. The Labute approximate surface area is 89.8 Å². The van der Waals surface area contributed by atoms with Crippen molar-refractivity contribution >= 4 is 11.9 Å². The predicted molar refractivity (Wildman–Crippen MR) is 58.8 cm³/mol. The van der Waals surface area contributed by atoms with Crippen molar-refractivity contribution in [3.05, 3.63) is 25.3 Å². The Morgan fingerprint density at radius 1 is 1.33 bits per heavy atom. The molecule has 0 unspecified atom stereocenters. The molecule has 0 aromatic heterocycles. The maximum absolute atomic E-state index is 10.6. The molecule has 0 rings (SSSR count). The normalized spacial score (nSPS) is 9.27. The van der Waals surface area contributed by atoms with Crippen molar-refractivity contribution in [2.24, 2.45) is 11.5 Å². The van der Waals surface area contributed by atoms with Gasteiger partial charge >= 0.3 is 5.97 Å². The van der Waals surface area contributed by atoms with Gasteiger partial charge in [-0.1, -0.05) is 13.2 Å². The van der Waals surface area contributed by atoms with Gasteiger partial charge in [0.1, 0.15) is 5.60 Å². The first-order valence-corrected chi connectivity index (χ1v) is 4.26. The van der Waals surface area contributed by atoms with Gasteiger partial charge in [0.25, 0.3) is 0 Å². The quantitative estimate of drug-likeness (QED) is 0.513. The lowest BCUT2D eigenvalue weighted by molar-refractivity contribution is -0.149. The molecule has 0 heterocycles. The zero-order valence-corrected chi connectivity index (χ0v) is 9.16. The second-order valence-electron chi connectivity index (χ2n) is 3.20. The van der Waals surface area contributed by atoms with Crippen molar-refractivity contribution in [3.63, 3.8) is 0 Å². The van der Waals surface area contributed by atoms with E-state index < -0.39 is 17.5 Å². The Balaban J connectivity index is 0. The number of carbonyl (C=O) groups is 2. The van der Waals surface area contributed by atoms with Gasteiger partial charge in [-0.2, -0.15) is 0 Å². The Hall–Kier alpha value is -1.62. The molecule has 5 nitrogen and oxygen atoms in total. The summed E-state index contributed by atoms with van der Waals surface area (Å²) in [6.45, 7) is 10.2. The summed E-state index contributed by atoms with van der Waals surface area (Å²) in [5.74, 6) is -0.916. The third-order valence-corrected chi connectivity index (χ3v) is 1.24. The van der Waals surface area contributed by atoms with E-state index in [2.05, 4.69) is 18.9 Å². The summed E-state index contributed by atoms with van der Waals surface area (Å²) >= 11 is 0. The van der Waals surface area contributed by atoms with E-state index in [-0.39, 0.29) is 0 Å². The molecule has 0 fully saturated rings. The molecule has 0 aliphatic rings. The molecule has 0 aliphatic carbocycles. The first-order valence-electron chi connectivity index (χ1n) is 4.26. The van der Waals surface area contributed by atoms with Crippen LogP contribution in [0.3, 0.4) is 0 Å². The summed E-state index contributed by atoms with van der Waals surface area (Å²) in [5.41, 5.74) is 9.25. The number of nitrogens with two attached hydrogens (primary N) is 2. The standard InChI is InChI=1S/C7H13NO2.C3H5NO/c1-4-6(9)10-7(2,3)5-8;1-2-3(4)5/h4H,1,5,8H2,2-3H3;2H,1H2,(H2,4,5). The molecular formula is C10H18N2O3. The van der Waals surface area contributed by atoms with E-state index in [1.807, 2.05) is 0 Å². The van der Waals surface area contributed by atoms with Crippen molar-refractivity contribution < 1.29 is 14.3 Å². The van der Waals surface area contributed by atoms with Crippen molar-refractivity contribution in [3.8, 4) is 0 Å². The zero-order chi connectivity index (χ0) is 12.5. The van der Waals surface area contributed by atoms with Gasteiger partial charge in [0, 0.05) is 12.6 Å². The van der Waals surface area contributed by atoms with Crippen LogP contribution >= 0.6 is 0 Å². The van der Waals surface area contributed by atoms with Crippen molar-refractivity contribution in [2.75, 3.05) is 6.54 Å². The first kappa shape index (κ1) is 15.8. The number of rotatable bonds is 4. The van der Waals surface area contributed by atoms with Crippen LogP contribution in [0.1, 0.15) is 13.8 Å². The fourth-order valence-electron chi connectivity index (χ4n) is 0.356. The Morgan fingerprint density at radius 3 is 1.93 bits per heavy atom. The number of carbonyl (C=O) groups excluding carboxylic acids is 2. The lowest BCUT2D eigenvalue weighted by Gasteiger charge is -2.21. The number of ether oxygens (including phenoxy) is 1. The number of amides is 1. The van der Waals surface area contributed by atoms with Crippen LogP contribution in [0.5, 0.6) is 0 Å². The van der Waals surface area contributed by atoms with Crippen LogP contribution in [0, 0.1) is 0 Å². The first-order chi connectivity index (χ1) is 6.79. The summed E-state index contributed by atoms with van der Waals surface area (Å²) in [7, 11) is 0. The van der Waals surface area contributed by atoms with Gasteiger partial charge in [0.05, 0.1) is 0 Å². The van der Waals surface area contributed by atoms with E-state index in [1.54, 1.807) is 13.8 Å². The van der Waals surface area contributed by atoms with Crippen LogP contribution in [0.4, 0.5) is 0 Å². The maximum atomic E-state index is 10.6. The van der Waals surface area contributed by atoms with Gasteiger partial charge in [0.2, 0.25) is 5.91 Å². The van der Waals surface area contributed by atoms with E-state index in [0.29, 0.717) is 6.54 Å². The van der Waals surface area contributed by atoms with Crippen LogP contribution in [-0.2, 0) is 14.3 Å². The molecule has 0 saturated carbocycles. The molecule has 0 aliphatic heterocycles.